The van der Waals surface area contributed by atoms with Crippen LogP contribution in [0.15, 0.2) is 12.7 Å². The first-order chi connectivity index (χ1) is 12.7. The number of nitrogens with two attached hydrogens (primary N) is 2. The quantitative estimate of drug-likeness (QED) is 0.539. The number of fused-ring (bicyclic) bond motifs is 1. The molecule has 2 aliphatic rings. The van der Waals surface area contributed by atoms with Gasteiger partial charge in [-0.15, -0.1) is 0 Å². The molecule has 0 aromatic rings. The number of amides is 1. The number of hydrogen-bond donors (Lipinski definition) is 2. The molecule has 0 saturated carbocycles. The largest absolute Gasteiger partial charge is 0.369 e. The van der Waals surface area contributed by atoms with Crippen molar-refractivity contribution < 1.29 is 24.1 Å². The van der Waals surface area contributed by atoms with Crippen molar-refractivity contribution in [2.24, 2.45) is 11.5 Å². The maximum atomic E-state index is 12.8. The van der Waals surface area contributed by atoms with Crippen LogP contribution in [-0.2, 0) is 24.1 Å². The summed E-state index contributed by atoms with van der Waals surface area (Å²) >= 11 is 3.03. The Bertz CT molecular complexity index is 622. The Morgan fingerprint density at radius 3 is 2.41 bits per heavy atom. The first kappa shape index (κ1) is 22.0. The lowest BCUT2D eigenvalue weighted by atomic mass is 9.87. The van der Waals surface area contributed by atoms with Crippen molar-refractivity contribution in [2.45, 2.75) is 36.5 Å². The zero-order valence-corrected chi connectivity index (χ0v) is 17.1. The van der Waals surface area contributed by atoms with Crippen LogP contribution in [0.1, 0.15) is 19.3 Å². The third-order valence-corrected chi connectivity index (χ3v) is 6.11. The molecule has 2 aliphatic heterocycles. The van der Waals surface area contributed by atoms with Gasteiger partial charge in [0, 0.05) is 18.2 Å². The highest BCUT2D eigenvalue weighted by Gasteiger charge is 2.59. The molecule has 27 heavy (non-hydrogen) atoms. The van der Waals surface area contributed by atoms with Crippen LogP contribution < -0.4 is 11.5 Å². The molecule has 9 nitrogen and oxygen atoms in total. The molecule has 2 fully saturated rings. The molecule has 3 atom stereocenters. The fourth-order valence-corrected chi connectivity index (χ4v) is 4.23. The predicted octanol–water partition coefficient (Wildman–Crippen LogP) is -0.136. The Balaban J connectivity index is 2.35. The molecule has 2 saturated heterocycles. The van der Waals surface area contributed by atoms with E-state index in [0.29, 0.717) is 17.9 Å². The second-order valence-corrected chi connectivity index (χ2v) is 8.46. The maximum absolute atomic E-state index is 12.8. The van der Waals surface area contributed by atoms with E-state index in [4.69, 9.17) is 21.1 Å². The Morgan fingerprint density at radius 2 is 1.81 bits per heavy atom. The number of thioether (sulfide) groups is 2. The minimum Gasteiger partial charge on any atom is -0.330 e. The molecule has 2 heterocycles. The summed E-state index contributed by atoms with van der Waals surface area (Å²) in [7, 11) is 0. The van der Waals surface area contributed by atoms with Crippen molar-refractivity contribution in [3.8, 4) is 0 Å². The number of nitrogens with zero attached hydrogens (tertiary/aromatic N) is 2. The maximum Gasteiger partial charge on any atom is 0.369 e. The van der Waals surface area contributed by atoms with Crippen LogP contribution in [0.25, 0.3) is 0 Å². The minimum atomic E-state index is -1.69. The van der Waals surface area contributed by atoms with Gasteiger partial charge in [-0.3, -0.25) is 10.5 Å². The van der Waals surface area contributed by atoms with Gasteiger partial charge in [0.05, 0.1) is 0 Å². The molecule has 11 heteroatoms. The van der Waals surface area contributed by atoms with E-state index >= 15 is 0 Å². The number of hydroxylamine groups is 2. The van der Waals surface area contributed by atoms with Crippen LogP contribution in [-0.4, -0.2) is 75.8 Å². The summed E-state index contributed by atoms with van der Waals surface area (Å²) in [4.78, 5) is 49.3. The van der Waals surface area contributed by atoms with Gasteiger partial charge in [-0.05, 0) is 42.9 Å². The number of carbonyl (C=O) groups excluding carboxylic acids is 3. The lowest BCUT2D eigenvalue weighted by molar-refractivity contribution is -0.331. The van der Waals surface area contributed by atoms with E-state index in [-0.39, 0.29) is 19.4 Å². The standard InChI is InChI=1S/C16H26N4O5S2/c1-4-12(21)19-8-5-11-15(17,6-9-26-2)13(22)24-20(11)25-14(23)16(19,18)7-10-27-3/h4,11H,1,5-10,17-18H2,2-3H3. The molecule has 0 spiro atoms. The summed E-state index contributed by atoms with van der Waals surface area (Å²) in [5, 5.41) is 0.863. The van der Waals surface area contributed by atoms with E-state index < -0.39 is 35.1 Å². The normalized spacial score (nSPS) is 31.6. The van der Waals surface area contributed by atoms with Crippen LogP contribution in [0.5, 0.6) is 0 Å². The van der Waals surface area contributed by atoms with Crippen molar-refractivity contribution in [1.82, 2.24) is 10.1 Å². The van der Waals surface area contributed by atoms with Gasteiger partial charge in [0.15, 0.2) is 5.66 Å². The molecule has 0 aromatic carbocycles. The van der Waals surface area contributed by atoms with Crippen LogP contribution in [0.4, 0.5) is 0 Å². The fourth-order valence-electron chi connectivity index (χ4n) is 3.17. The summed E-state index contributed by atoms with van der Waals surface area (Å²) in [6.45, 7) is 3.60. The summed E-state index contributed by atoms with van der Waals surface area (Å²) in [6, 6.07) is -0.716. The van der Waals surface area contributed by atoms with Gasteiger partial charge < -0.3 is 20.3 Å². The fraction of sp³-hybridized carbons (Fsp3) is 0.688. The Kier molecular flexibility index (Phi) is 7.20. The molecule has 0 radical (unpaired) electrons. The first-order valence-electron chi connectivity index (χ1n) is 8.48. The summed E-state index contributed by atoms with van der Waals surface area (Å²) in [6.07, 6.45) is 5.65. The van der Waals surface area contributed by atoms with Crippen molar-refractivity contribution in [3.05, 3.63) is 12.7 Å². The molecule has 2 rings (SSSR count). The van der Waals surface area contributed by atoms with E-state index in [1.165, 1.54) is 16.7 Å². The topological polar surface area (TPSA) is 128 Å². The van der Waals surface area contributed by atoms with Gasteiger partial charge in [0.1, 0.15) is 11.6 Å². The average molecular weight is 419 g/mol. The summed E-state index contributed by atoms with van der Waals surface area (Å²) < 4.78 is 0. The Labute approximate surface area is 167 Å². The molecule has 0 aromatic heterocycles. The van der Waals surface area contributed by atoms with Gasteiger partial charge >= 0.3 is 11.9 Å². The number of carbonyl (C=O) groups is 3. The van der Waals surface area contributed by atoms with Gasteiger partial charge in [-0.25, -0.2) is 9.59 Å². The van der Waals surface area contributed by atoms with Gasteiger partial charge in [0.2, 0.25) is 5.91 Å². The Morgan fingerprint density at radius 1 is 1.22 bits per heavy atom. The summed E-state index contributed by atoms with van der Waals surface area (Å²) in [5.74, 6) is -0.859. The lowest BCUT2D eigenvalue weighted by Gasteiger charge is -2.42. The molecular formula is C16H26N4O5S2. The molecule has 1 amide bonds. The van der Waals surface area contributed by atoms with Crippen LogP contribution in [0.2, 0.25) is 0 Å². The minimum absolute atomic E-state index is 0.112. The second kappa shape index (κ2) is 8.82. The van der Waals surface area contributed by atoms with E-state index in [1.54, 1.807) is 11.8 Å². The van der Waals surface area contributed by atoms with Crippen molar-refractivity contribution >= 4 is 41.4 Å². The highest BCUT2D eigenvalue weighted by molar-refractivity contribution is 7.98. The molecule has 3 unspecified atom stereocenters. The third kappa shape index (κ3) is 4.11. The van der Waals surface area contributed by atoms with Crippen molar-refractivity contribution in [3.63, 3.8) is 0 Å². The van der Waals surface area contributed by atoms with Crippen molar-refractivity contribution in [2.75, 3.05) is 30.6 Å². The molecule has 0 aliphatic carbocycles. The van der Waals surface area contributed by atoms with Crippen LogP contribution in [0, 0.1) is 0 Å². The SMILES string of the molecule is C=CC(=O)N1CCC2N(OC(=O)C2(N)CCSC)OC(=O)C1(N)CCSC. The van der Waals surface area contributed by atoms with Gasteiger partial charge in [-0.2, -0.15) is 23.5 Å². The third-order valence-electron chi connectivity index (χ3n) is 4.88. The first-order valence-corrected chi connectivity index (χ1v) is 11.3. The van der Waals surface area contributed by atoms with Gasteiger partial charge in [-0.1, -0.05) is 6.58 Å². The smallest absolute Gasteiger partial charge is 0.330 e. The summed E-state index contributed by atoms with van der Waals surface area (Å²) in [5.41, 5.74) is 9.62. The van der Waals surface area contributed by atoms with E-state index in [0.717, 1.165) is 11.3 Å². The second-order valence-electron chi connectivity index (χ2n) is 6.49. The zero-order valence-electron chi connectivity index (χ0n) is 15.5. The molecule has 4 N–H and O–H groups in total. The van der Waals surface area contributed by atoms with E-state index in [1.807, 2.05) is 12.5 Å². The van der Waals surface area contributed by atoms with Crippen LogP contribution >= 0.6 is 23.5 Å². The average Bonchev–Trinajstić information content (AvgIpc) is 2.87. The van der Waals surface area contributed by atoms with E-state index in [2.05, 4.69) is 6.58 Å². The highest BCUT2D eigenvalue weighted by Crippen LogP contribution is 2.35. The molecule has 0 bridgehead atoms. The van der Waals surface area contributed by atoms with E-state index in [9.17, 15) is 14.4 Å². The molecule has 152 valence electrons. The highest BCUT2D eigenvalue weighted by atomic mass is 32.2. The monoisotopic (exact) mass is 418 g/mol. The molecular weight excluding hydrogens is 392 g/mol. The Hall–Kier alpha value is -1.27. The number of rotatable bonds is 7. The van der Waals surface area contributed by atoms with Crippen molar-refractivity contribution in [1.29, 1.82) is 0 Å². The lowest BCUT2D eigenvalue weighted by Crippen LogP contribution is -2.68. The number of hydrogen-bond acceptors (Lipinski definition) is 10. The van der Waals surface area contributed by atoms with Gasteiger partial charge in [0.25, 0.3) is 0 Å². The zero-order chi connectivity index (χ0) is 20.2. The predicted molar refractivity (Wildman–Crippen MR) is 104 cm³/mol. The van der Waals surface area contributed by atoms with Crippen LogP contribution in [0.3, 0.4) is 0 Å².